The van der Waals surface area contributed by atoms with Crippen molar-refractivity contribution in [2.45, 2.75) is 20.4 Å². The summed E-state index contributed by atoms with van der Waals surface area (Å²) in [5.74, 6) is 1.43. The van der Waals surface area contributed by atoms with E-state index in [-0.39, 0.29) is 11.6 Å². The number of aromatic nitrogens is 2. The van der Waals surface area contributed by atoms with Crippen LogP contribution in [-0.4, -0.2) is 30.1 Å². The molecule has 150 valence electrons. The fourth-order valence-electron chi connectivity index (χ4n) is 2.90. The number of amides is 1. The molecular weight excluding hydrogens is 368 g/mol. The Hall–Kier alpha value is -3.61. The highest BCUT2D eigenvalue weighted by Crippen LogP contribution is 2.27. The smallest absolute Gasteiger partial charge is 0.270 e. The van der Waals surface area contributed by atoms with Crippen LogP contribution in [0.25, 0.3) is 0 Å². The monoisotopic (exact) mass is 392 g/mol. The lowest BCUT2D eigenvalue weighted by Crippen LogP contribution is -2.24. The van der Waals surface area contributed by atoms with Gasteiger partial charge in [-0.1, -0.05) is 24.3 Å². The molecule has 0 saturated heterocycles. The van der Waals surface area contributed by atoms with Gasteiger partial charge in [-0.2, -0.15) is 0 Å². The summed E-state index contributed by atoms with van der Waals surface area (Å²) in [5.41, 5.74) is 3.64. The molecule has 7 heteroatoms. The van der Waals surface area contributed by atoms with Crippen LogP contribution in [-0.2, 0) is 6.54 Å². The first-order chi connectivity index (χ1) is 14.0. The van der Waals surface area contributed by atoms with Gasteiger partial charge in [-0.25, -0.2) is 9.97 Å². The molecule has 0 aliphatic rings. The quantitative estimate of drug-likeness (QED) is 0.636. The summed E-state index contributed by atoms with van der Waals surface area (Å²) in [6, 6.07) is 15.0. The van der Waals surface area contributed by atoms with E-state index < -0.39 is 0 Å². The molecule has 1 aromatic heterocycles. The molecule has 29 heavy (non-hydrogen) atoms. The van der Waals surface area contributed by atoms with Crippen molar-refractivity contribution >= 4 is 17.5 Å². The van der Waals surface area contributed by atoms with Crippen LogP contribution in [0.5, 0.6) is 11.5 Å². The molecule has 3 rings (SSSR count). The van der Waals surface area contributed by atoms with Gasteiger partial charge in [0.1, 0.15) is 17.2 Å². The van der Waals surface area contributed by atoms with Gasteiger partial charge in [-0.05, 0) is 43.7 Å². The first kappa shape index (κ1) is 20.1. The number of nitrogens with zero attached hydrogens (tertiary/aromatic N) is 2. The zero-order valence-electron chi connectivity index (χ0n) is 16.9. The number of hydrogen-bond acceptors (Lipinski definition) is 6. The van der Waals surface area contributed by atoms with Crippen molar-refractivity contribution in [1.82, 2.24) is 15.3 Å². The lowest BCUT2D eigenvalue weighted by molar-refractivity contribution is 0.0945. The molecule has 3 aromatic rings. The van der Waals surface area contributed by atoms with Gasteiger partial charge in [-0.3, -0.25) is 4.79 Å². The number of hydrogen-bond donors (Lipinski definition) is 2. The Kier molecular flexibility index (Phi) is 6.29. The van der Waals surface area contributed by atoms with E-state index in [1.807, 2.05) is 56.3 Å². The molecule has 0 fully saturated rings. The highest BCUT2D eigenvalue weighted by molar-refractivity contribution is 5.92. The standard InChI is InChI=1S/C22H24N4O3/c1-14-9-10-20(29-4)17(11-14)25-22-24-15(2)12-18(26-22)21(27)23-13-16-7-5-6-8-19(16)28-3/h5-12H,13H2,1-4H3,(H,23,27)(H,24,25,26). The largest absolute Gasteiger partial charge is 0.496 e. The summed E-state index contributed by atoms with van der Waals surface area (Å²) in [4.78, 5) is 21.4. The minimum absolute atomic E-state index is 0.279. The van der Waals surface area contributed by atoms with E-state index in [0.29, 0.717) is 23.9 Å². The summed E-state index contributed by atoms with van der Waals surface area (Å²) in [6.45, 7) is 4.14. The van der Waals surface area contributed by atoms with Gasteiger partial charge in [-0.15, -0.1) is 0 Å². The van der Waals surface area contributed by atoms with Gasteiger partial charge in [0.2, 0.25) is 5.95 Å². The number of rotatable bonds is 7. The molecule has 1 heterocycles. The van der Waals surface area contributed by atoms with Crippen molar-refractivity contribution in [3.8, 4) is 11.5 Å². The van der Waals surface area contributed by atoms with Crippen molar-refractivity contribution in [2.24, 2.45) is 0 Å². The van der Waals surface area contributed by atoms with Gasteiger partial charge in [0.25, 0.3) is 5.91 Å². The third-order valence-corrected chi connectivity index (χ3v) is 4.32. The second kappa shape index (κ2) is 9.05. The highest BCUT2D eigenvalue weighted by atomic mass is 16.5. The highest BCUT2D eigenvalue weighted by Gasteiger charge is 2.13. The average molecular weight is 392 g/mol. The number of para-hydroxylation sites is 1. The predicted molar refractivity (Wildman–Crippen MR) is 112 cm³/mol. The van der Waals surface area contributed by atoms with E-state index in [4.69, 9.17) is 9.47 Å². The minimum Gasteiger partial charge on any atom is -0.496 e. The summed E-state index contributed by atoms with van der Waals surface area (Å²) in [7, 11) is 3.20. The van der Waals surface area contributed by atoms with Crippen molar-refractivity contribution in [3.05, 3.63) is 71.0 Å². The third kappa shape index (κ3) is 5.01. The molecule has 0 atom stereocenters. The number of carbonyl (C=O) groups excluding carboxylic acids is 1. The second-order valence-electron chi connectivity index (χ2n) is 6.54. The van der Waals surface area contributed by atoms with E-state index in [2.05, 4.69) is 20.6 Å². The third-order valence-electron chi connectivity index (χ3n) is 4.32. The van der Waals surface area contributed by atoms with E-state index in [1.54, 1.807) is 20.3 Å². The van der Waals surface area contributed by atoms with Crippen LogP contribution < -0.4 is 20.1 Å². The number of nitrogens with one attached hydrogen (secondary N) is 2. The zero-order valence-corrected chi connectivity index (χ0v) is 16.9. The van der Waals surface area contributed by atoms with E-state index in [1.165, 1.54) is 0 Å². The normalized spacial score (nSPS) is 10.3. The molecule has 0 aliphatic heterocycles. The van der Waals surface area contributed by atoms with Crippen molar-refractivity contribution in [1.29, 1.82) is 0 Å². The molecule has 0 radical (unpaired) electrons. The molecule has 0 bridgehead atoms. The fraction of sp³-hybridized carbons (Fsp3) is 0.227. The maximum atomic E-state index is 12.7. The van der Waals surface area contributed by atoms with E-state index in [9.17, 15) is 4.79 Å². The van der Waals surface area contributed by atoms with Crippen LogP contribution in [0.2, 0.25) is 0 Å². The van der Waals surface area contributed by atoms with Crippen LogP contribution in [0.3, 0.4) is 0 Å². The van der Waals surface area contributed by atoms with Crippen molar-refractivity contribution in [2.75, 3.05) is 19.5 Å². The number of carbonyl (C=O) groups is 1. The molecule has 1 amide bonds. The second-order valence-corrected chi connectivity index (χ2v) is 6.54. The van der Waals surface area contributed by atoms with Crippen molar-refractivity contribution < 1.29 is 14.3 Å². The van der Waals surface area contributed by atoms with Gasteiger partial charge < -0.3 is 20.1 Å². The molecular formula is C22H24N4O3. The van der Waals surface area contributed by atoms with Gasteiger partial charge in [0.15, 0.2) is 0 Å². The zero-order chi connectivity index (χ0) is 20.8. The molecule has 7 nitrogen and oxygen atoms in total. The summed E-state index contributed by atoms with van der Waals surface area (Å²) < 4.78 is 10.7. The lowest BCUT2D eigenvalue weighted by Gasteiger charge is -2.13. The van der Waals surface area contributed by atoms with Gasteiger partial charge in [0.05, 0.1) is 19.9 Å². The Morgan fingerprint density at radius 3 is 2.48 bits per heavy atom. The number of ether oxygens (including phenoxy) is 2. The molecule has 0 aliphatic carbocycles. The molecule has 0 unspecified atom stereocenters. The van der Waals surface area contributed by atoms with E-state index in [0.717, 1.165) is 22.6 Å². The van der Waals surface area contributed by atoms with Gasteiger partial charge in [0, 0.05) is 17.8 Å². The van der Waals surface area contributed by atoms with Crippen LogP contribution in [0.15, 0.2) is 48.5 Å². The summed E-state index contributed by atoms with van der Waals surface area (Å²) in [5, 5.41) is 6.02. The predicted octanol–water partition coefficient (Wildman–Crippen LogP) is 3.78. The minimum atomic E-state index is -0.291. The van der Waals surface area contributed by atoms with Crippen LogP contribution >= 0.6 is 0 Å². The van der Waals surface area contributed by atoms with Crippen LogP contribution in [0.1, 0.15) is 27.3 Å². The number of benzene rings is 2. The summed E-state index contributed by atoms with van der Waals surface area (Å²) >= 11 is 0. The SMILES string of the molecule is COc1ccccc1CNC(=O)c1cc(C)nc(Nc2cc(C)ccc2OC)n1. The Morgan fingerprint density at radius 2 is 1.72 bits per heavy atom. The Bertz CT molecular complexity index is 1020. The Balaban J connectivity index is 1.78. The maximum absolute atomic E-state index is 12.7. The Labute approximate surface area is 170 Å². The maximum Gasteiger partial charge on any atom is 0.270 e. The Morgan fingerprint density at radius 1 is 0.966 bits per heavy atom. The fourth-order valence-corrected chi connectivity index (χ4v) is 2.90. The average Bonchev–Trinajstić information content (AvgIpc) is 2.72. The summed E-state index contributed by atoms with van der Waals surface area (Å²) in [6.07, 6.45) is 0. The first-order valence-electron chi connectivity index (χ1n) is 9.17. The van der Waals surface area contributed by atoms with Crippen molar-refractivity contribution in [3.63, 3.8) is 0 Å². The van der Waals surface area contributed by atoms with Crippen LogP contribution in [0.4, 0.5) is 11.6 Å². The lowest BCUT2D eigenvalue weighted by atomic mass is 10.2. The molecule has 0 saturated carbocycles. The van der Waals surface area contributed by atoms with Gasteiger partial charge >= 0.3 is 0 Å². The molecule has 2 N–H and O–H groups in total. The molecule has 0 spiro atoms. The van der Waals surface area contributed by atoms with E-state index >= 15 is 0 Å². The molecule has 2 aromatic carbocycles. The number of anilines is 2. The topological polar surface area (TPSA) is 85.4 Å². The first-order valence-corrected chi connectivity index (χ1v) is 9.17. The number of methoxy groups -OCH3 is 2. The number of aryl methyl sites for hydroxylation is 2. The van der Waals surface area contributed by atoms with Crippen LogP contribution in [0, 0.1) is 13.8 Å².